The Kier molecular flexibility index (Phi) is 4.29. The predicted octanol–water partition coefficient (Wildman–Crippen LogP) is 6.48. The number of aliphatic imine (C=N–C) groups is 1. The lowest BCUT2D eigenvalue weighted by molar-refractivity contribution is -0.138. The van der Waals surface area contributed by atoms with Crippen molar-refractivity contribution in [2.75, 3.05) is 18.6 Å². The van der Waals surface area contributed by atoms with Crippen LogP contribution in [-0.2, 0) is 11.6 Å². The number of ether oxygens (including phenoxy) is 2. The molecule has 0 radical (unpaired) electrons. The lowest BCUT2D eigenvalue weighted by atomic mass is 9.75. The highest BCUT2D eigenvalue weighted by molar-refractivity contribution is 6.00. The Balaban J connectivity index is 1.67. The van der Waals surface area contributed by atoms with E-state index in [0.717, 1.165) is 22.6 Å². The van der Waals surface area contributed by atoms with Gasteiger partial charge >= 0.3 is 6.18 Å². The first-order valence-electron chi connectivity index (χ1n) is 10.5. The second kappa shape index (κ2) is 6.64. The standard InChI is InChI=1S/C25H23F3N2O2/c1-5-31-16-11-9-15-10-12-20-22(17(15)13-16)29-14-24(32-20)23(2,3)21-18(25(26,27)28)7-6-8-19(21)30(24)4/h6-14H,5H2,1-4H3. The van der Waals surface area contributed by atoms with Gasteiger partial charge in [-0.2, -0.15) is 13.2 Å². The van der Waals surface area contributed by atoms with Crippen molar-refractivity contribution in [1.82, 2.24) is 0 Å². The topological polar surface area (TPSA) is 34.1 Å². The van der Waals surface area contributed by atoms with E-state index in [2.05, 4.69) is 0 Å². The van der Waals surface area contributed by atoms with Crippen LogP contribution in [0.5, 0.6) is 11.5 Å². The highest BCUT2D eigenvalue weighted by Gasteiger charge is 2.61. The fraction of sp³-hybridized carbons (Fsp3) is 0.320. The van der Waals surface area contributed by atoms with Crippen molar-refractivity contribution in [1.29, 1.82) is 0 Å². The minimum Gasteiger partial charge on any atom is -0.494 e. The van der Waals surface area contributed by atoms with Crippen molar-refractivity contribution in [2.24, 2.45) is 4.99 Å². The minimum absolute atomic E-state index is 0.212. The molecule has 3 aromatic carbocycles. The molecule has 2 heterocycles. The fourth-order valence-corrected chi connectivity index (χ4v) is 5.01. The average molecular weight is 440 g/mol. The number of halogens is 3. The van der Waals surface area contributed by atoms with E-state index in [1.807, 2.05) is 37.3 Å². The summed E-state index contributed by atoms with van der Waals surface area (Å²) in [5.74, 6) is 1.25. The predicted molar refractivity (Wildman–Crippen MR) is 120 cm³/mol. The summed E-state index contributed by atoms with van der Waals surface area (Å²) in [7, 11) is 1.75. The lowest BCUT2D eigenvalue weighted by Crippen LogP contribution is -2.61. The van der Waals surface area contributed by atoms with Crippen molar-refractivity contribution in [3.05, 3.63) is 59.7 Å². The Labute approximate surface area is 184 Å². The van der Waals surface area contributed by atoms with Gasteiger partial charge in [0, 0.05) is 18.1 Å². The van der Waals surface area contributed by atoms with E-state index in [0.29, 0.717) is 23.7 Å². The normalized spacial score (nSPS) is 20.9. The zero-order valence-electron chi connectivity index (χ0n) is 18.2. The minimum atomic E-state index is -4.47. The molecule has 0 saturated heterocycles. The molecule has 0 N–H and O–H groups in total. The maximum Gasteiger partial charge on any atom is 0.416 e. The van der Waals surface area contributed by atoms with Crippen LogP contribution in [-0.4, -0.2) is 25.6 Å². The summed E-state index contributed by atoms with van der Waals surface area (Å²) in [4.78, 5) is 6.50. The van der Waals surface area contributed by atoms with Crippen molar-refractivity contribution in [2.45, 2.75) is 38.1 Å². The number of alkyl halides is 3. The number of fused-ring (bicyclic) bond motifs is 4. The SMILES string of the molecule is CCOc1ccc2ccc3c(c2c1)N=CC1(O3)N(C)c2cccc(C(F)(F)F)c2C1(C)C. The molecular weight excluding hydrogens is 417 g/mol. The molecular formula is C25H23F3N2O2. The van der Waals surface area contributed by atoms with Gasteiger partial charge in [-0.3, -0.25) is 4.99 Å². The third-order valence-corrected chi connectivity index (χ3v) is 6.60. The summed E-state index contributed by atoms with van der Waals surface area (Å²) in [6, 6.07) is 13.8. The van der Waals surface area contributed by atoms with E-state index >= 15 is 0 Å². The molecule has 32 heavy (non-hydrogen) atoms. The molecule has 0 saturated carbocycles. The van der Waals surface area contributed by atoms with Gasteiger partial charge in [0.2, 0.25) is 5.72 Å². The summed E-state index contributed by atoms with van der Waals surface area (Å²) in [5, 5.41) is 1.84. The molecule has 1 atom stereocenters. The van der Waals surface area contributed by atoms with E-state index in [1.165, 1.54) is 6.07 Å². The van der Waals surface area contributed by atoms with E-state index in [9.17, 15) is 13.2 Å². The number of rotatable bonds is 2. The molecule has 3 aromatic rings. The van der Waals surface area contributed by atoms with Gasteiger partial charge in [-0.25, -0.2) is 0 Å². The summed E-state index contributed by atoms with van der Waals surface area (Å²) < 4.78 is 53.8. The number of hydrogen-bond donors (Lipinski definition) is 0. The molecule has 5 rings (SSSR count). The van der Waals surface area contributed by atoms with Gasteiger partial charge in [0.15, 0.2) is 0 Å². The van der Waals surface area contributed by atoms with Crippen molar-refractivity contribution >= 4 is 28.4 Å². The molecule has 1 unspecified atom stereocenters. The maximum atomic E-state index is 13.9. The van der Waals surface area contributed by atoms with E-state index in [4.69, 9.17) is 14.5 Å². The van der Waals surface area contributed by atoms with Crippen molar-refractivity contribution < 1.29 is 22.6 Å². The molecule has 4 nitrogen and oxygen atoms in total. The van der Waals surface area contributed by atoms with Gasteiger partial charge in [-0.05, 0) is 62.1 Å². The average Bonchev–Trinajstić information content (AvgIpc) is 2.91. The Bertz CT molecular complexity index is 1270. The van der Waals surface area contributed by atoms with Gasteiger partial charge in [-0.15, -0.1) is 0 Å². The van der Waals surface area contributed by atoms with E-state index in [-0.39, 0.29) is 5.56 Å². The summed E-state index contributed by atoms with van der Waals surface area (Å²) >= 11 is 0. The molecule has 2 aliphatic heterocycles. The van der Waals surface area contributed by atoms with Crippen LogP contribution in [0.4, 0.5) is 24.5 Å². The second-order valence-corrected chi connectivity index (χ2v) is 8.67. The molecule has 0 bridgehead atoms. The van der Waals surface area contributed by atoms with Crippen LogP contribution >= 0.6 is 0 Å². The maximum absolute atomic E-state index is 13.9. The molecule has 1 spiro atoms. The summed E-state index contributed by atoms with van der Waals surface area (Å²) in [6.45, 7) is 6.01. The second-order valence-electron chi connectivity index (χ2n) is 8.67. The summed E-state index contributed by atoms with van der Waals surface area (Å²) in [5.41, 5.74) is -1.53. The van der Waals surface area contributed by atoms with E-state index in [1.54, 1.807) is 38.1 Å². The zero-order valence-corrected chi connectivity index (χ0v) is 18.2. The highest BCUT2D eigenvalue weighted by Crippen LogP contribution is 2.57. The number of nitrogens with zero attached hydrogens (tertiary/aromatic N) is 2. The molecule has 2 aliphatic rings. The molecule has 0 aliphatic carbocycles. The monoisotopic (exact) mass is 440 g/mol. The van der Waals surface area contributed by atoms with Crippen LogP contribution in [0.25, 0.3) is 10.8 Å². The number of benzene rings is 3. The van der Waals surface area contributed by atoms with Crippen LogP contribution in [0.3, 0.4) is 0 Å². The van der Waals surface area contributed by atoms with Crippen LogP contribution in [0.2, 0.25) is 0 Å². The molecule has 0 fully saturated rings. The van der Waals surface area contributed by atoms with Crippen LogP contribution < -0.4 is 14.4 Å². The van der Waals surface area contributed by atoms with Gasteiger partial charge in [-0.1, -0.05) is 18.2 Å². The van der Waals surface area contributed by atoms with Crippen LogP contribution in [0, 0.1) is 0 Å². The molecule has 166 valence electrons. The lowest BCUT2D eigenvalue weighted by Gasteiger charge is -2.45. The Hall–Kier alpha value is -3.22. The van der Waals surface area contributed by atoms with Gasteiger partial charge in [0.1, 0.15) is 17.2 Å². The van der Waals surface area contributed by atoms with Gasteiger partial charge in [0.25, 0.3) is 0 Å². The molecule has 0 amide bonds. The van der Waals surface area contributed by atoms with Crippen LogP contribution in [0.15, 0.2) is 53.5 Å². The first-order valence-corrected chi connectivity index (χ1v) is 10.5. The largest absolute Gasteiger partial charge is 0.494 e. The smallest absolute Gasteiger partial charge is 0.416 e. The summed E-state index contributed by atoms with van der Waals surface area (Å²) in [6.07, 6.45) is -2.83. The van der Waals surface area contributed by atoms with Crippen LogP contribution in [0.1, 0.15) is 31.9 Å². The quantitative estimate of drug-likeness (QED) is 0.458. The van der Waals surface area contributed by atoms with Gasteiger partial charge < -0.3 is 14.4 Å². The first-order chi connectivity index (χ1) is 15.1. The van der Waals surface area contributed by atoms with Gasteiger partial charge in [0.05, 0.1) is 23.8 Å². The Morgan fingerprint density at radius 1 is 1.09 bits per heavy atom. The Morgan fingerprint density at radius 2 is 1.84 bits per heavy atom. The fourth-order valence-electron chi connectivity index (χ4n) is 5.01. The molecule has 7 heteroatoms. The first kappa shape index (κ1) is 20.7. The molecule has 0 aromatic heterocycles. The zero-order chi connectivity index (χ0) is 22.9. The van der Waals surface area contributed by atoms with Crippen molar-refractivity contribution in [3.63, 3.8) is 0 Å². The Morgan fingerprint density at radius 3 is 2.56 bits per heavy atom. The number of hydrogen-bond acceptors (Lipinski definition) is 4. The number of anilines is 1. The third-order valence-electron chi connectivity index (χ3n) is 6.60. The van der Waals surface area contributed by atoms with Crippen molar-refractivity contribution in [3.8, 4) is 11.5 Å². The van der Waals surface area contributed by atoms with E-state index < -0.39 is 22.9 Å². The highest BCUT2D eigenvalue weighted by atomic mass is 19.4. The number of likely N-dealkylation sites (N-methyl/N-ethyl adjacent to an activating group) is 1. The third kappa shape index (κ3) is 2.66.